The third-order valence-electron chi connectivity index (χ3n) is 6.63. The maximum atomic E-state index is 13.3. The smallest absolute Gasteiger partial charge is 0.345 e. The Bertz CT molecular complexity index is 1380. The number of ether oxygens (including phenoxy) is 4. The summed E-state index contributed by atoms with van der Waals surface area (Å²) in [5.41, 5.74) is 0.709. The molecule has 4 aromatic carbocycles. The third-order valence-corrected chi connectivity index (χ3v) is 10.9. The van der Waals surface area contributed by atoms with Crippen molar-refractivity contribution in [3.8, 4) is 11.5 Å². The van der Waals surface area contributed by atoms with E-state index < -0.39 is 25.3 Å². The van der Waals surface area contributed by atoms with Crippen molar-refractivity contribution in [3.05, 3.63) is 121 Å². The van der Waals surface area contributed by atoms with Crippen LogP contribution in [-0.4, -0.2) is 56.7 Å². The predicted molar refractivity (Wildman–Crippen MR) is 167 cm³/mol. The van der Waals surface area contributed by atoms with Crippen LogP contribution in [0.15, 0.2) is 115 Å². The molecular formula is C34H34O7P+. The first-order valence-corrected chi connectivity index (χ1v) is 15.4. The van der Waals surface area contributed by atoms with E-state index in [0.717, 1.165) is 15.9 Å². The van der Waals surface area contributed by atoms with Crippen LogP contribution in [0.2, 0.25) is 0 Å². The van der Waals surface area contributed by atoms with Gasteiger partial charge in [0.1, 0.15) is 42.5 Å². The van der Waals surface area contributed by atoms with Crippen LogP contribution in [0.4, 0.5) is 0 Å². The molecule has 216 valence electrons. The maximum Gasteiger partial charge on any atom is 0.345 e. The van der Waals surface area contributed by atoms with Crippen molar-refractivity contribution >= 4 is 41.2 Å². The number of carbonyl (C=O) groups is 2. The molecule has 0 saturated heterocycles. The van der Waals surface area contributed by atoms with Crippen LogP contribution in [0, 0.1) is 0 Å². The summed E-state index contributed by atoms with van der Waals surface area (Å²) in [5, 5.41) is 13.6. The second kappa shape index (κ2) is 15.0. The highest BCUT2D eigenvalue weighted by Gasteiger charge is 2.47. The molecule has 0 aliphatic heterocycles. The fourth-order valence-corrected chi connectivity index (χ4v) is 8.56. The molecule has 1 unspecified atom stereocenters. The van der Waals surface area contributed by atoms with E-state index >= 15 is 0 Å². The van der Waals surface area contributed by atoms with E-state index in [1.54, 1.807) is 31.4 Å². The van der Waals surface area contributed by atoms with Gasteiger partial charge in [-0.05, 0) is 60.2 Å². The van der Waals surface area contributed by atoms with Gasteiger partial charge in [0.05, 0.1) is 14.2 Å². The number of hydrogen-bond donors (Lipinski definition) is 1. The highest BCUT2D eigenvalue weighted by atomic mass is 31.2. The summed E-state index contributed by atoms with van der Waals surface area (Å²) in [7, 11) is 0.654. The summed E-state index contributed by atoms with van der Waals surface area (Å²) >= 11 is 0. The summed E-state index contributed by atoms with van der Waals surface area (Å²) < 4.78 is 21.2. The van der Waals surface area contributed by atoms with Gasteiger partial charge in [-0.15, -0.1) is 0 Å². The van der Waals surface area contributed by atoms with Crippen LogP contribution < -0.4 is 25.4 Å². The van der Waals surface area contributed by atoms with E-state index in [2.05, 4.69) is 0 Å². The molecule has 1 atom stereocenters. The standard InChI is InChI=1S/C34H34O7P/c1-38-31-20-18-26(22-32(31)39-2)19-21-33(36)40-23-27(35)24-41-34(37)25-42(28-12-6-3-7-13-28,29-14-8-4-9-15-29)30-16-10-5-11-17-30/h3-22,27,35H,23-25H2,1-2H3/q+1. The lowest BCUT2D eigenvalue weighted by Crippen LogP contribution is -2.37. The third kappa shape index (κ3) is 7.64. The topological polar surface area (TPSA) is 91.3 Å². The van der Waals surface area contributed by atoms with Gasteiger partial charge in [-0.3, -0.25) is 0 Å². The number of rotatable bonds is 13. The molecule has 7 nitrogen and oxygen atoms in total. The van der Waals surface area contributed by atoms with E-state index in [0.29, 0.717) is 17.1 Å². The molecule has 0 fully saturated rings. The SMILES string of the molecule is COc1ccc(C=CC(=O)OCC(O)COC(=O)C[P+](c2ccccc2)(c2ccccc2)c2ccccc2)cc1OC. The summed E-state index contributed by atoms with van der Waals surface area (Å²) in [6.07, 6.45) is 1.76. The average Bonchev–Trinajstić information content (AvgIpc) is 3.05. The maximum absolute atomic E-state index is 13.3. The summed E-state index contributed by atoms with van der Waals surface area (Å²) in [6.45, 7) is -0.622. The second-order valence-corrected chi connectivity index (χ2v) is 12.9. The van der Waals surface area contributed by atoms with Gasteiger partial charge in [0.2, 0.25) is 0 Å². The van der Waals surface area contributed by atoms with E-state index in [-0.39, 0.29) is 19.4 Å². The average molecular weight is 586 g/mol. The van der Waals surface area contributed by atoms with Crippen LogP contribution in [0.5, 0.6) is 11.5 Å². The van der Waals surface area contributed by atoms with Crippen LogP contribution in [0.25, 0.3) is 6.08 Å². The van der Waals surface area contributed by atoms with Gasteiger partial charge < -0.3 is 24.1 Å². The Hall–Kier alpha value is -4.45. The Balaban J connectivity index is 1.40. The highest BCUT2D eigenvalue weighted by Crippen LogP contribution is 2.55. The molecule has 0 spiro atoms. The molecule has 0 saturated carbocycles. The largest absolute Gasteiger partial charge is 0.493 e. The number of aliphatic hydroxyl groups is 1. The van der Waals surface area contributed by atoms with Gasteiger partial charge in [0.25, 0.3) is 0 Å². The van der Waals surface area contributed by atoms with Crippen LogP contribution in [0.3, 0.4) is 0 Å². The van der Waals surface area contributed by atoms with Gasteiger partial charge in [-0.2, -0.15) is 0 Å². The van der Waals surface area contributed by atoms with Crippen molar-refractivity contribution in [3.63, 3.8) is 0 Å². The van der Waals surface area contributed by atoms with Crippen molar-refractivity contribution in [2.75, 3.05) is 33.6 Å². The fraction of sp³-hybridized carbons (Fsp3) is 0.176. The zero-order valence-electron chi connectivity index (χ0n) is 23.6. The number of methoxy groups -OCH3 is 2. The number of esters is 2. The fourth-order valence-electron chi connectivity index (χ4n) is 4.59. The van der Waals surface area contributed by atoms with Crippen LogP contribution in [-0.2, 0) is 19.1 Å². The molecule has 4 rings (SSSR count). The zero-order valence-corrected chi connectivity index (χ0v) is 24.5. The Kier molecular flexibility index (Phi) is 10.9. The molecule has 0 aliphatic rings. The lowest BCUT2D eigenvalue weighted by Gasteiger charge is -2.26. The molecular weight excluding hydrogens is 551 g/mol. The molecule has 0 aliphatic carbocycles. The van der Waals surface area contributed by atoms with Crippen LogP contribution >= 0.6 is 7.26 Å². The Morgan fingerprint density at radius 2 is 1.21 bits per heavy atom. The van der Waals surface area contributed by atoms with Crippen molar-refractivity contribution < 1.29 is 33.6 Å². The van der Waals surface area contributed by atoms with Gasteiger partial charge in [-0.25, -0.2) is 9.59 Å². The first kappa shape index (κ1) is 30.5. The van der Waals surface area contributed by atoms with Crippen molar-refractivity contribution in [2.24, 2.45) is 0 Å². The number of aliphatic hydroxyl groups excluding tert-OH is 1. The van der Waals surface area contributed by atoms with Crippen LogP contribution in [0.1, 0.15) is 5.56 Å². The lowest BCUT2D eigenvalue weighted by molar-refractivity contribution is -0.147. The lowest BCUT2D eigenvalue weighted by atomic mass is 10.2. The molecule has 0 radical (unpaired) electrons. The Labute approximate surface area is 246 Å². The van der Waals surface area contributed by atoms with Gasteiger partial charge in [-0.1, -0.05) is 60.7 Å². The van der Waals surface area contributed by atoms with Crippen molar-refractivity contribution in [1.29, 1.82) is 0 Å². The van der Waals surface area contributed by atoms with Gasteiger partial charge in [0, 0.05) is 6.08 Å². The predicted octanol–water partition coefficient (Wildman–Crippen LogP) is 4.16. The quantitative estimate of drug-likeness (QED) is 0.143. The van der Waals surface area contributed by atoms with Crippen molar-refractivity contribution in [2.45, 2.75) is 6.10 Å². The summed E-state index contributed by atoms with van der Waals surface area (Å²) in [5.74, 6) is 0.0186. The summed E-state index contributed by atoms with van der Waals surface area (Å²) in [4.78, 5) is 25.6. The molecule has 1 N–H and O–H groups in total. The van der Waals surface area contributed by atoms with E-state index in [9.17, 15) is 14.7 Å². The summed E-state index contributed by atoms with van der Waals surface area (Å²) in [6, 6.07) is 35.2. The Morgan fingerprint density at radius 1 is 0.714 bits per heavy atom. The molecule has 8 heteroatoms. The second-order valence-electron chi connectivity index (χ2n) is 9.39. The van der Waals surface area contributed by atoms with Gasteiger partial charge >= 0.3 is 11.9 Å². The van der Waals surface area contributed by atoms with E-state index in [1.165, 1.54) is 13.2 Å². The molecule has 0 heterocycles. The normalized spacial score (nSPS) is 12.0. The molecule has 0 amide bonds. The van der Waals surface area contributed by atoms with Gasteiger partial charge in [0.15, 0.2) is 17.7 Å². The first-order chi connectivity index (χ1) is 20.5. The zero-order chi connectivity index (χ0) is 29.8. The minimum Gasteiger partial charge on any atom is -0.493 e. The number of benzene rings is 4. The Morgan fingerprint density at radius 3 is 1.71 bits per heavy atom. The van der Waals surface area contributed by atoms with E-state index in [1.807, 2.05) is 91.0 Å². The van der Waals surface area contributed by atoms with E-state index in [4.69, 9.17) is 18.9 Å². The minimum atomic E-state index is -2.42. The molecule has 0 aromatic heterocycles. The number of hydrogen-bond acceptors (Lipinski definition) is 7. The monoisotopic (exact) mass is 585 g/mol. The first-order valence-electron chi connectivity index (χ1n) is 13.4. The molecule has 0 bridgehead atoms. The molecule has 42 heavy (non-hydrogen) atoms. The number of carbonyl (C=O) groups excluding carboxylic acids is 2. The minimum absolute atomic E-state index is 0.117. The molecule has 4 aromatic rings. The highest BCUT2D eigenvalue weighted by molar-refractivity contribution is 7.96. The van der Waals surface area contributed by atoms with Crippen molar-refractivity contribution in [1.82, 2.24) is 0 Å².